The van der Waals surface area contributed by atoms with Crippen molar-refractivity contribution in [1.82, 2.24) is 28.7 Å². The van der Waals surface area contributed by atoms with Crippen LogP contribution < -0.4 is 21.9 Å². The number of hydrogen-bond acceptors (Lipinski definition) is 9. The maximum atomic E-state index is 13.7. The van der Waals surface area contributed by atoms with Crippen LogP contribution in [0, 0.1) is 18.8 Å². The monoisotopic (exact) mass is 562 g/mol. The smallest absolute Gasteiger partial charge is 0.414 e. The Balaban J connectivity index is 0.000000585. The zero-order valence-electron chi connectivity index (χ0n) is 22.9. The van der Waals surface area contributed by atoms with Gasteiger partial charge in [0, 0.05) is 37.3 Å². The highest BCUT2D eigenvalue weighted by molar-refractivity contribution is 6.27. The number of imidazole rings is 1. The number of nitrogens with zero attached hydrogens (tertiary/aromatic N) is 7. The van der Waals surface area contributed by atoms with Crippen molar-refractivity contribution < 1.29 is 19.8 Å². The molecule has 0 spiro atoms. The van der Waals surface area contributed by atoms with Gasteiger partial charge in [-0.25, -0.2) is 24.4 Å². The number of nitrogens with two attached hydrogens (primary N) is 1. The van der Waals surface area contributed by atoms with E-state index in [0.717, 1.165) is 36.0 Å². The van der Waals surface area contributed by atoms with Crippen LogP contribution in [0.15, 0.2) is 33.9 Å². The summed E-state index contributed by atoms with van der Waals surface area (Å²) < 4.78 is 4.39. The molecule has 4 heterocycles. The number of aliphatic carboxylic acids is 2. The van der Waals surface area contributed by atoms with E-state index < -0.39 is 23.2 Å². The van der Waals surface area contributed by atoms with Crippen molar-refractivity contribution in [2.24, 2.45) is 12.8 Å². The van der Waals surface area contributed by atoms with Crippen molar-refractivity contribution in [1.29, 1.82) is 0 Å². The molecule has 1 atom stereocenters. The van der Waals surface area contributed by atoms with Crippen LogP contribution in [-0.2, 0) is 29.7 Å². The molecule has 0 saturated carbocycles. The lowest BCUT2D eigenvalue weighted by atomic mass is 10.1. The summed E-state index contributed by atoms with van der Waals surface area (Å²) in [6, 6.07) is 7.71. The second-order valence-corrected chi connectivity index (χ2v) is 9.53. The molecule has 0 radical (unpaired) electrons. The van der Waals surface area contributed by atoms with E-state index in [2.05, 4.69) is 26.7 Å². The lowest BCUT2D eigenvalue weighted by molar-refractivity contribution is -0.159. The van der Waals surface area contributed by atoms with Gasteiger partial charge in [-0.15, -0.1) is 5.92 Å². The minimum atomic E-state index is -1.82. The van der Waals surface area contributed by atoms with Crippen molar-refractivity contribution in [3.8, 4) is 11.8 Å². The molecule has 0 unspecified atom stereocenters. The fraction of sp³-hybridized carbons (Fsp3) is 0.370. The molecule has 1 saturated heterocycles. The van der Waals surface area contributed by atoms with E-state index in [1.165, 1.54) is 9.13 Å². The van der Waals surface area contributed by atoms with Gasteiger partial charge in [0.25, 0.3) is 5.56 Å². The van der Waals surface area contributed by atoms with E-state index in [1.54, 1.807) is 18.5 Å². The summed E-state index contributed by atoms with van der Waals surface area (Å²) in [6.07, 6.45) is 1.88. The quantitative estimate of drug-likeness (QED) is 0.229. The number of carboxylic acids is 2. The Morgan fingerprint density at radius 1 is 1.10 bits per heavy atom. The van der Waals surface area contributed by atoms with Gasteiger partial charge in [0.2, 0.25) is 5.95 Å². The molecule has 5 rings (SSSR count). The Morgan fingerprint density at radius 2 is 1.80 bits per heavy atom. The molecule has 214 valence electrons. The van der Waals surface area contributed by atoms with Crippen molar-refractivity contribution >= 4 is 40.0 Å². The molecule has 0 amide bonds. The SMILES string of the molecule is CC#CCn1c(N2CCC[C@@H](N)C2)nc2c1c(=O)n(Cc1nc(C)c3ccccc3n1)c(=O)n2C.O=C(O)C(=O)O. The van der Waals surface area contributed by atoms with Gasteiger partial charge < -0.3 is 20.8 Å². The van der Waals surface area contributed by atoms with Crippen LogP contribution in [0.2, 0.25) is 0 Å². The Bertz CT molecular complexity index is 1820. The van der Waals surface area contributed by atoms with Crippen LogP contribution >= 0.6 is 0 Å². The number of carboxylic acid groups (broad SMARTS) is 2. The molecule has 1 fully saturated rings. The van der Waals surface area contributed by atoms with E-state index in [0.29, 0.717) is 29.5 Å². The Labute approximate surface area is 233 Å². The van der Waals surface area contributed by atoms with Crippen LogP contribution in [0.3, 0.4) is 0 Å². The topological polar surface area (TPSA) is 191 Å². The Morgan fingerprint density at radius 3 is 2.46 bits per heavy atom. The standard InChI is InChI=1S/C25H28N8O2.C2H2O4/c1-4-5-13-32-21-22(29-24(32)31-12-8-9-17(26)14-31)30(3)25(35)33(23(21)34)15-20-27-16(2)18-10-6-7-11-19(18)28-20;3-1(4)2(5)6/h6-7,10-11,17H,8-9,12-15,26H2,1-3H3;(H,3,4)(H,5,6)/t17-;/m1./s1. The molecule has 4 aromatic rings. The first kappa shape index (κ1) is 29.0. The lowest BCUT2D eigenvalue weighted by Crippen LogP contribution is -2.44. The van der Waals surface area contributed by atoms with Crippen LogP contribution in [0.4, 0.5) is 5.95 Å². The second-order valence-electron chi connectivity index (χ2n) is 9.53. The first-order chi connectivity index (χ1) is 19.5. The number of para-hydroxylation sites is 1. The molecular weight excluding hydrogens is 532 g/mol. The third-order valence-corrected chi connectivity index (χ3v) is 6.69. The number of rotatable bonds is 4. The maximum Gasteiger partial charge on any atom is 0.414 e. The fourth-order valence-electron chi connectivity index (χ4n) is 4.75. The van der Waals surface area contributed by atoms with Crippen molar-refractivity contribution in [3.63, 3.8) is 0 Å². The molecule has 1 aliphatic rings. The van der Waals surface area contributed by atoms with Gasteiger partial charge in [-0.1, -0.05) is 24.1 Å². The van der Waals surface area contributed by atoms with Gasteiger partial charge in [-0.05, 0) is 32.8 Å². The largest absolute Gasteiger partial charge is 0.473 e. The van der Waals surface area contributed by atoms with Gasteiger partial charge in [0.15, 0.2) is 11.2 Å². The van der Waals surface area contributed by atoms with Crippen LogP contribution in [0.5, 0.6) is 0 Å². The lowest BCUT2D eigenvalue weighted by Gasteiger charge is -2.31. The highest BCUT2D eigenvalue weighted by Crippen LogP contribution is 2.23. The van der Waals surface area contributed by atoms with Crippen molar-refractivity contribution in [3.05, 3.63) is 56.6 Å². The van der Waals surface area contributed by atoms with Gasteiger partial charge >= 0.3 is 17.6 Å². The minimum Gasteiger partial charge on any atom is -0.473 e. The number of fused-ring (bicyclic) bond motifs is 2. The second kappa shape index (κ2) is 12.0. The number of carbonyl (C=O) groups is 2. The highest BCUT2D eigenvalue weighted by Gasteiger charge is 2.26. The van der Waals surface area contributed by atoms with Gasteiger partial charge in [0.05, 0.1) is 18.6 Å². The number of aromatic nitrogens is 6. The van der Waals surface area contributed by atoms with Gasteiger partial charge in [0.1, 0.15) is 5.82 Å². The maximum absolute atomic E-state index is 13.7. The van der Waals surface area contributed by atoms with E-state index in [1.807, 2.05) is 31.2 Å². The molecule has 4 N–H and O–H groups in total. The summed E-state index contributed by atoms with van der Waals surface area (Å²) in [5, 5.41) is 15.7. The predicted octanol–water partition coefficient (Wildman–Crippen LogP) is 0.303. The van der Waals surface area contributed by atoms with E-state index in [9.17, 15) is 9.59 Å². The third kappa shape index (κ3) is 5.94. The predicted molar refractivity (Wildman–Crippen MR) is 151 cm³/mol. The molecule has 0 aliphatic carbocycles. The Hall–Kier alpha value is -5.03. The van der Waals surface area contributed by atoms with E-state index in [4.69, 9.17) is 30.5 Å². The molecule has 14 heteroatoms. The molecule has 41 heavy (non-hydrogen) atoms. The highest BCUT2D eigenvalue weighted by atomic mass is 16.4. The number of piperidine rings is 1. The normalized spacial score (nSPS) is 14.7. The summed E-state index contributed by atoms with van der Waals surface area (Å²) >= 11 is 0. The summed E-state index contributed by atoms with van der Waals surface area (Å²) in [6.45, 7) is 5.31. The number of aryl methyl sites for hydroxylation is 2. The van der Waals surface area contributed by atoms with Crippen molar-refractivity contribution in [2.75, 3.05) is 18.0 Å². The first-order valence-electron chi connectivity index (χ1n) is 12.8. The van der Waals surface area contributed by atoms with Gasteiger partial charge in [-0.2, -0.15) is 4.98 Å². The fourth-order valence-corrected chi connectivity index (χ4v) is 4.75. The number of benzene rings is 1. The van der Waals surface area contributed by atoms with E-state index in [-0.39, 0.29) is 19.1 Å². The zero-order chi connectivity index (χ0) is 29.8. The Kier molecular flexibility index (Phi) is 8.48. The molecule has 14 nitrogen and oxygen atoms in total. The van der Waals surface area contributed by atoms with Crippen LogP contribution in [0.1, 0.15) is 31.3 Å². The average molecular weight is 563 g/mol. The number of hydrogen-bond donors (Lipinski definition) is 3. The molecule has 1 aromatic carbocycles. The third-order valence-electron chi connectivity index (χ3n) is 6.69. The molecule has 1 aliphatic heterocycles. The first-order valence-corrected chi connectivity index (χ1v) is 12.8. The van der Waals surface area contributed by atoms with Gasteiger partial charge in [-0.3, -0.25) is 18.5 Å². The summed E-state index contributed by atoms with van der Waals surface area (Å²) in [4.78, 5) is 61.2. The summed E-state index contributed by atoms with van der Waals surface area (Å²) in [7, 11) is 1.63. The summed E-state index contributed by atoms with van der Waals surface area (Å²) in [5.41, 5.74) is 7.54. The number of anilines is 1. The molecule has 0 bridgehead atoms. The molecule has 3 aromatic heterocycles. The average Bonchev–Trinajstić information content (AvgIpc) is 3.33. The summed E-state index contributed by atoms with van der Waals surface area (Å²) in [5.74, 6) is 3.31. The van der Waals surface area contributed by atoms with E-state index >= 15 is 0 Å². The van der Waals surface area contributed by atoms with Crippen molar-refractivity contribution in [2.45, 2.75) is 45.8 Å². The molecular formula is C27H30N8O6. The zero-order valence-corrected chi connectivity index (χ0v) is 22.9. The van der Waals surface area contributed by atoms with Crippen LogP contribution in [0.25, 0.3) is 22.1 Å². The minimum absolute atomic E-state index is 0.0306. The van der Waals surface area contributed by atoms with Crippen LogP contribution in [-0.4, -0.2) is 69.9 Å².